The van der Waals surface area contributed by atoms with E-state index in [-0.39, 0.29) is 10.7 Å². The van der Waals surface area contributed by atoms with Crippen LogP contribution >= 0.6 is 11.6 Å². The van der Waals surface area contributed by atoms with Gasteiger partial charge in [-0.05, 0) is 6.42 Å². The van der Waals surface area contributed by atoms with E-state index in [0.29, 0.717) is 12.2 Å². The fourth-order valence-electron chi connectivity index (χ4n) is 1.79. The Hall–Kier alpha value is -1.81. The van der Waals surface area contributed by atoms with Gasteiger partial charge in [0.25, 0.3) is 0 Å². The van der Waals surface area contributed by atoms with Crippen LogP contribution in [0.1, 0.15) is 23.7 Å². The first-order valence-electron chi connectivity index (χ1n) is 5.70. The molecule has 0 spiro atoms. The third-order valence-corrected chi connectivity index (χ3v) is 2.97. The van der Waals surface area contributed by atoms with Gasteiger partial charge in [0.05, 0.1) is 0 Å². The SMILES string of the molecule is CCCn1nc(-c2ccccc2)c(C(=O)O)c1Cl. The number of carboxylic acids is 1. The van der Waals surface area contributed by atoms with E-state index in [2.05, 4.69) is 5.10 Å². The smallest absolute Gasteiger partial charge is 0.341 e. The lowest BCUT2D eigenvalue weighted by molar-refractivity contribution is 0.0698. The highest BCUT2D eigenvalue weighted by Gasteiger charge is 2.22. The summed E-state index contributed by atoms with van der Waals surface area (Å²) in [5.74, 6) is -1.05. The summed E-state index contributed by atoms with van der Waals surface area (Å²) in [5.41, 5.74) is 1.24. The molecule has 94 valence electrons. The Bertz CT molecular complexity index is 564. The number of halogens is 1. The van der Waals surface area contributed by atoms with Crippen LogP contribution in [0.4, 0.5) is 0 Å². The molecule has 0 unspecified atom stereocenters. The number of nitrogens with zero attached hydrogens (tertiary/aromatic N) is 2. The van der Waals surface area contributed by atoms with Gasteiger partial charge in [-0.15, -0.1) is 0 Å². The van der Waals surface area contributed by atoms with Crippen molar-refractivity contribution in [3.63, 3.8) is 0 Å². The first kappa shape index (κ1) is 12.6. The van der Waals surface area contributed by atoms with Crippen LogP contribution in [0.25, 0.3) is 11.3 Å². The fourth-order valence-corrected chi connectivity index (χ4v) is 2.08. The van der Waals surface area contributed by atoms with Gasteiger partial charge in [-0.1, -0.05) is 48.9 Å². The van der Waals surface area contributed by atoms with E-state index in [0.717, 1.165) is 12.0 Å². The molecular weight excluding hydrogens is 252 g/mol. The van der Waals surface area contributed by atoms with E-state index < -0.39 is 5.97 Å². The third kappa shape index (κ3) is 2.24. The Morgan fingerprint density at radius 2 is 2.06 bits per heavy atom. The first-order valence-corrected chi connectivity index (χ1v) is 6.08. The van der Waals surface area contributed by atoms with E-state index >= 15 is 0 Å². The van der Waals surface area contributed by atoms with E-state index in [1.54, 1.807) is 0 Å². The molecular formula is C13H13ClN2O2. The third-order valence-electron chi connectivity index (χ3n) is 2.59. The van der Waals surface area contributed by atoms with E-state index in [4.69, 9.17) is 11.6 Å². The Kier molecular flexibility index (Phi) is 3.67. The Morgan fingerprint density at radius 3 is 2.61 bits per heavy atom. The second-order valence-electron chi connectivity index (χ2n) is 3.91. The second kappa shape index (κ2) is 5.23. The predicted octanol–water partition coefficient (Wildman–Crippen LogP) is 3.31. The molecule has 2 aromatic rings. The van der Waals surface area contributed by atoms with Crippen LogP contribution in [0.3, 0.4) is 0 Å². The number of carbonyl (C=O) groups is 1. The number of carboxylic acid groups (broad SMARTS) is 1. The average Bonchev–Trinajstić information content (AvgIpc) is 2.69. The van der Waals surface area contributed by atoms with Gasteiger partial charge in [-0.2, -0.15) is 5.10 Å². The molecule has 1 aromatic heterocycles. The summed E-state index contributed by atoms with van der Waals surface area (Å²) in [7, 11) is 0. The minimum Gasteiger partial charge on any atom is -0.478 e. The highest BCUT2D eigenvalue weighted by molar-refractivity contribution is 6.33. The van der Waals surface area contributed by atoms with Crippen LogP contribution in [0.5, 0.6) is 0 Å². The zero-order chi connectivity index (χ0) is 13.1. The molecule has 1 heterocycles. The molecule has 18 heavy (non-hydrogen) atoms. The van der Waals surface area contributed by atoms with Crippen molar-refractivity contribution in [3.8, 4) is 11.3 Å². The maximum absolute atomic E-state index is 11.3. The number of aryl methyl sites for hydroxylation is 1. The van der Waals surface area contributed by atoms with Crippen molar-refractivity contribution in [2.45, 2.75) is 19.9 Å². The van der Waals surface area contributed by atoms with Crippen LogP contribution in [-0.4, -0.2) is 20.9 Å². The zero-order valence-corrected chi connectivity index (χ0v) is 10.7. The van der Waals surface area contributed by atoms with Gasteiger partial charge in [-0.25, -0.2) is 4.79 Å². The highest BCUT2D eigenvalue weighted by atomic mass is 35.5. The molecule has 2 rings (SSSR count). The van der Waals surface area contributed by atoms with Crippen LogP contribution in [0.15, 0.2) is 30.3 Å². The predicted molar refractivity (Wildman–Crippen MR) is 69.9 cm³/mol. The molecule has 0 aliphatic heterocycles. The first-order chi connectivity index (χ1) is 8.65. The average molecular weight is 265 g/mol. The minimum absolute atomic E-state index is 0.0660. The lowest BCUT2D eigenvalue weighted by Gasteiger charge is -1.98. The quantitative estimate of drug-likeness (QED) is 0.922. The van der Waals surface area contributed by atoms with Gasteiger partial charge in [0.1, 0.15) is 16.4 Å². The van der Waals surface area contributed by atoms with Crippen molar-refractivity contribution in [1.29, 1.82) is 0 Å². The Balaban J connectivity index is 2.59. The molecule has 0 bridgehead atoms. The lowest BCUT2D eigenvalue weighted by atomic mass is 10.1. The number of rotatable bonds is 4. The number of aromatic nitrogens is 2. The summed E-state index contributed by atoms with van der Waals surface area (Å²) in [4.78, 5) is 11.3. The molecule has 0 fully saturated rings. The molecule has 4 nitrogen and oxygen atoms in total. The molecule has 1 N–H and O–H groups in total. The van der Waals surface area contributed by atoms with Crippen molar-refractivity contribution >= 4 is 17.6 Å². The van der Waals surface area contributed by atoms with Gasteiger partial charge < -0.3 is 5.11 Å². The summed E-state index contributed by atoms with van der Waals surface area (Å²) < 4.78 is 1.54. The number of hydrogen-bond donors (Lipinski definition) is 1. The summed E-state index contributed by atoms with van der Waals surface area (Å²) in [5, 5.41) is 13.7. The maximum atomic E-state index is 11.3. The normalized spacial score (nSPS) is 10.6. The van der Waals surface area contributed by atoms with Crippen LogP contribution in [0.2, 0.25) is 5.15 Å². The molecule has 0 saturated heterocycles. The topological polar surface area (TPSA) is 55.1 Å². The van der Waals surface area contributed by atoms with Gasteiger partial charge in [0.15, 0.2) is 0 Å². The van der Waals surface area contributed by atoms with Gasteiger partial charge in [-0.3, -0.25) is 4.68 Å². The molecule has 0 saturated carbocycles. The maximum Gasteiger partial charge on any atom is 0.341 e. The van der Waals surface area contributed by atoms with Crippen molar-refractivity contribution < 1.29 is 9.90 Å². The Morgan fingerprint density at radius 1 is 1.39 bits per heavy atom. The van der Waals surface area contributed by atoms with Crippen molar-refractivity contribution in [2.75, 3.05) is 0 Å². The summed E-state index contributed by atoms with van der Waals surface area (Å²) in [6.45, 7) is 2.59. The molecule has 0 radical (unpaired) electrons. The second-order valence-corrected chi connectivity index (χ2v) is 4.27. The molecule has 5 heteroatoms. The Labute approximate surface area is 110 Å². The highest BCUT2D eigenvalue weighted by Crippen LogP contribution is 2.28. The zero-order valence-electron chi connectivity index (χ0n) is 9.93. The van der Waals surface area contributed by atoms with Crippen LogP contribution < -0.4 is 0 Å². The molecule has 0 aliphatic rings. The molecule has 0 atom stereocenters. The fraction of sp³-hybridized carbons (Fsp3) is 0.231. The number of benzene rings is 1. The molecule has 1 aromatic carbocycles. The van der Waals surface area contributed by atoms with E-state index in [9.17, 15) is 9.90 Å². The van der Waals surface area contributed by atoms with Crippen LogP contribution in [0, 0.1) is 0 Å². The largest absolute Gasteiger partial charge is 0.478 e. The number of hydrogen-bond acceptors (Lipinski definition) is 2. The standard InChI is InChI=1S/C13H13ClN2O2/c1-2-8-16-12(14)10(13(17)18)11(15-16)9-6-4-3-5-7-9/h3-7H,2,8H2,1H3,(H,17,18). The van der Waals surface area contributed by atoms with Crippen LogP contribution in [-0.2, 0) is 6.54 Å². The summed E-state index contributed by atoms with van der Waals surface area (Å²) in [6, 6.07) is 9.19. The van der Waals surface area contributed by atoms with E-state index in [1.165, 1.54) is 4.68 Å². The monoisotopic (exact) mass is 264 g/mol. The van der Waals surface area contributed by atoms with Crippen molar-refractivity contribution in [2.24, 2.45) is 0 Å². The molecule has 0 amide bonds. The van der Waals surface area contributed by atoms with Crippen molar-refractivity contribution in [1.82, 2.24) is 9.78 Å². The van der Waals surface area contributed by atoms with Gasteiger partial charge in [0, 0.05) is 12.1 Å². The van der Waals surface area contributed by atoms with Gasteiger partial charge >= 0.3 is 5.97 Å². The van der Waals surface area contributed by atoms with Gasteiger partial charge in [0.2, 0.25) is 0 Å². The van der Waals surface area contributed by atoms with E-state index in [1.807, 2.05) is 37.3 Å². The lowest BCUT2D eigenvalue weighted by Crippen LogP contribution is -2.00. The summed E-state index contributed by atoms with van der Waals surface area (Å²) in [6.07, 6.45) is 0.842. The number of aromatic carboxylic acids is 1. The molecule has 0 aliphatic carbocycles. The minimum atomic E-state index is -1.05. The summed E-state index contributed by atoms with van der Waals surface area (Å²) >= 11 is 6.07. The van der Waals surface area contributed by atoms with Crippen molar-refractivity contribution in [3.05, 3.63) is 41.0 Å².